The van der Waals surface area contributed by atoms with Crippen molar-refractivity contribution >= 4 is 17.5 Å². The second kappa shape index (κ2) is 7.82. The van der Waals surface area contributed by atoms with Crippen molar-refractivity contribution < 1.29 is 14.3 Å². The Morgan fingerprint density at radius 2 is 1.95 bits per heavy atom. The average molecular weight is 320 g/mol. The molecule has 2 aromatic carbocycles. The summed E-state index contributed by atoms with van der Waals surface area (Å²) >= 11 is 6.16. The predicted octanol–water partition coefficient (Wildman–Crippen LogP) is 3.47. The van der Waals surface area contributed by atoms with Crippen LogP contribution in [0.4, 0.5) is 0 Å². The lowest BCUT2D eigenvalue weighted by Crippen LogP contribution is -2.29. The van der Waals surface area contributed by atoms with Gasteiger partial charge in [-0.1, -0.05) is 35.9 Å². The van der Waals surface area contributed by atoms with Gasteiger partial charge in [0, 0.05) is 29.8 Å². The van der Waals surface area contributed by atoms with Crippen molar-refractivity contribution in [2.45, 2.75) is 6.10 Å². The van der Waals surface area contributed by atoms with Crippen molar-refractivity contribution in [1.29, 1.82) is 0 Å². The summed E-state index contributed by atoms with van der Waals surface area (Å²) in [4.78, 5) is 12.2. The van der Waals surface area contributed by atoms with Crippen LogP contribution in [0.15, 0.2) is 48.5 Å². The van der Waals surface area contributed by atoms with E-state index in [0.29, 0.717) is 22.9 Å². The molecule has 116 valence electrons. The lowest BCUT2D eigenvalue weighted by molar-refractivity contribution is 0.0828. The molecule has 0 aliphatic heterocycles. The van der Waals surface area contributed by atoms with E-state index in [-0.39, 0.29) is 12.0 Å². The number of amides is 1. The van der Waals surface area contributed by atoms with Gasteiger partial charge in [0.05, 0.1) is 7.11 Å². The molecule has 0 aliphatic rings. The summed E-state index contributed by atoms with van der Waals surface area (Å²) in [5, 5.41) is 3.46. The number of hydrogen-bond acceptors (Lipinski definition) is 3. The third kappa shape index (κ3) is 4.00. The molecule has 1 unspecified atom stereocenters. The molecule has 0 fully saturated rings. The fraction of sp³-hybridized carbons (Fsp3) is 0.235. The van der Waals surface area contributed by atoms with Gasteiger partial charge in [0.25, 0.3) is 5.91 Å². The zero-order valence-electron chi connectivity index (χ0n) is 12.5. The molecule has 4 nitrogen and oxygen atoms in total. The van der Waals surface area contributed by atoms with E-state index < -0.39 is 0 Å². The number of halogens is 1. The molecular formula is C17H18ClNO3. The molecule has 0 bridgehead atoms. The number of carbonyl (C=O) groups excluding carboxylic acids is 1. The van der Waals surface area contributed by atoms with Crippen LogP contribution in [0.5, 0.6) is 5.75 Å². The zero-order chi connectivity index (χ0) is 15.9. The third-order valence-corrected chi connectivity index (χ3v) is 3.66. The highest BCUT2D eigenvalue weighted by Gasteiger charge is 2.15. The highest BCUT2D eigenvalue weighted by atomic mass is 35.5. The standard InChI is InChI=1S/C17H18ClNO3/c1-21-13-7-5-6-12(10-13)17(20)19-11-16(22-2)14-8-3-4-9-15(14)18/h3-10,16H,11H2,1-2H3,(H,19,20). The molecule has 1 amide bonds. The topological polar surface area (TPSA) is 47.6 Å². The Morgan fingerprint density at radius 1 is 1.18 bits per heavy atom. The number of carbonyl (C=O) groups is 1. The number of methoxy groups -OCH3 is 2. The Bertz CT molecular complexity index is 645. The number of hydrogen-bond donors (Lipinski definition) is 1. The molecule has 0 saturated carbocycles. The van der Waals surface area contributed by atoms with Gasteiger partial charge in [0.2, 0.25) is 0 Å². The molecule has 1 N–H and O–H groups in total. The summed E-state index contributed by atoms with van der Waals surface area (Å²) in [7, 11) is 3.15. The van der Waals surface area contributed by atoms with Gasteiger partial charge in [-0.15, -0.1) is 0 Å². The van der Waals surface area contributed by atoms with Crippen molar-refractivity contribution in [2.75, 3.05) is 20.8 Å². The SMILES string of the molecule is COc1cccc(C(=O)NCC(OC)c2ccccc2Cl)c1. The fourth-order valence-electron chi connectivity index (χ4n) is 2.11. The fourth-order valence-corrected chi connectivity index (χ4v) is 2.37. The van der Waals surface area contributed by atoms with Crippen LogP contribution in [-0.4, -0.2) is 26.7 Å². The quantitative estimate of drug-likeness (QED) is 0.887. The number of ether oxygens (including phenoxy) is 2. The van der Waals surface area contributed by atoms with Crippen molar-refractivity contribution in [1.82, 2.24) is 5.32 Å². The Balaban J connectivity index is 2.04. The van der Waals surface area contributed by atoms with E-state index in [1.807, 2.05) is 18.2 Å². The predicted molar refractivity (Wildman–Crippen MR) is 86.5 cm³/mol. The molecule has 0 aliphatic carbocycles. The minimum Gasteiger partial charge on any atom is -0.497 e. The van der Waals surface area contributed by atoms with Crippen LogP contribution in [-0.2, 0) is 4.74 Å². The van der Waals surface area contributed by atoms with Gasteiger partial charge in [-0.2, -0.15) is 0 Å². The van der Waals surface area contributed by atoms with E-state index in [2.05, 4.69) is 5.32 Å². The normalized spacial score (nSPS) is 11.8. The van der Waals surface area contributed by atoms with Crippen molar-refractivity contribution in [3.05, 3.63) is 64.7 Å². The molecule has 2 rings (SSSR count). The molecular weight excluding hydrogens is 302 g/mol. The first kappa shape index (κ1) is 16.3. The van der Waals surface area contributed by atoms with Crippen molar-refractivity contribution in [3.8, 4) is 5.75 Å². The second-order valence-corrected chi connectivity index (χ2v) is 5.10. The van der Waals surface area contributed by atoms with Gasteiger partial charge >= 0.3 is 0 Å². The first-order valence-corrected chi connectivity index (χ1v) is 7.23. The summed E-state index contributed by atoms with van der Waals surface area (Å²) in [6.45, 7) is 0.330. The first-order chi connectivity index (χ1) is 10.7. The third-order valence-electron chi connectivity index (χ3n) is 3.32. The Morgan fingerprint density at radius 3 is 2.64 bits per heavy atom. The minimum atomic E-state index is -0.303. The first-order valence-electron chi connectivity index (χ1n) is 6.85. The largest absolute Gasteiger partial charge is 0.497 e. The van der Waals surface area contributed by atoms with Crippen LogP contribution >= 0.6 is 11.6 Å². The minimum absolute atomic E-state index is 0.187. The van der Waals surface area contributed by atoms with E-state index in [9.17, 15) is 4.79 Å². The summed E-state index contributed by atoms with van der Waals surface area (Å²) in [6.07, 6.45) is -0.303. The van der Waals surface area contributed by atoms with Crippen LogP contribution in [0.1, 0.15) is 22.0 Å². The van der Waals surface area contributed by atoms with Crippen molar-refractivity contribution in [3.63, 3.8) is 0 Å². The molecule has 22 heavy (non-hydrogen) atoms. The number of benzene rings is 2. The molecule has 2 aromatic rings. The average Bonchev–Trinajstić information content (AvgIpc) is 2.56. The van der Waals surface area contributed by atoms with E-state index in [4.69, 9.17) is 21.1 Å². The highest BCUT2D eigenvalue weighted by Crippen LogP contribution is 2.24. The molecule has 0 radical (unpaired) electrons. The molecule has 5 heteroatoms. The van der Waals surface area contributed by atoms with E-state index in [1.165, 1.54) is 0 Å². The highest BCUT2D eigenvalue weighted by molar-refractivity contribution is 6.31. The van der Waals surface area contributed by atoms with E-state index in [1.54, 1.807) is 44.6 Å². The maximum atomic E-state index is 12.2. The van der Waals surface area contributed by atoms with Crippen LogP contribution in [0.2, 0.25) is 5.02 Å². The van der Waals surface area contributed by atoms with Gasteiger partial charge in [-0.05, 0) is 24.3 Å². The van der Waals surface area contributed by atoms with E-state index in [0.717, 1.165) is 5.56 Å². The molecule has 0 heterocycles. The monoisotopic (exact) mass is 319 g/mol. The summed E-state index contributed by atoms with van der Waals surface area (Å²) in [6, 6.07) is 14.4. The second-order valence-electron chi connectivity index (χ2n) is 4.69. The number of nitrogens with one attached hydrogen (secondary N) is 1. The van der Waals surface area contributed by atoms with E-state index >= 15 is 0 Å². The summed E-state index contributed by atoms with van der Waals surface area (Å²) < 4.78 is 10.5. The smallest absolute Gasteiger partial charge is 0.251 e. The molecule has 1 atom stereocenters. The van der Waals surface area contributed by atoms with Crippen LogP contribution in [0, 0.1) is 0 Å². The Labute approximate surface area is 135 Å². The van der Waals surface area contributed by atoms with Crippen LogP contribution in [0.25, 0.3) is 0 Å². The van der Waals surface area contributed by atoms with Crippen LogP contribution < -0.4 is 10.1 Å². The zero-order valence-corrected chi connectivity index (χ0v) is 13.3. The molecule has 0 aromatic heterocycles. The lowest BCUT2D eigenvalue weighted by Gasteiger charge is -2.18. The summed E-state index contributed by atoms with van der Waals surface area (Å²) in [5.74, 6) is 0.454. The Hall–Kier alpha value is -2.04. The maximum absolute atomic E-state index is 12.2. The van der Waals surface area contributed by atoms with Crippen LogP contribution in [0.3, 0.4) is 0 Å². The Kier molecular flexibility index (Phi) is 5.81. The number of rotatable bonds is 6. The summed E-state index contributed by atoms with van der Waals surface area (Å²) in [5.41, 5.74) is 1.38. The van der Waals surface area contributed by atoms with Gasteiger partial charge in [-0.25, -0.2) is 0 Å². The van der Waals surface area contributed by atoms with Gasteiger partial charge in [0.1, 0.15) is 11.9 Å². The van der Waals surface area contributed by atoms with Gasteiger partial charge in [0.15, 0.2) is 0 Å². The van der Waals surface area contributed by atoms with Gasteiger partial charge in [-0.3, -0.25) is 4.79 Å². The van der Waals surface area contributed by atoms with Gasteiger partial charge < -0.3 is 14.8 Å². The van der Waals surface area contributed by atoms with Crippen molar-refractivity contribution in [2.24, 2.45) is 0 Å². The maximum Gasteiger partial charge on any atom is 0.251 e. The molecule has 0 saturated heterocycles. The lowest BCUT2D eigenvalue weighted by atomic mass is 10.1. The molecule has 0 spiro atoms.